The van der Waals surface area contributed by atoms with Gasteiger partial charge in [0, 0.05) is 13.0 Å². The Hall–Kier alpha value is -1.42. The van der Waals surface area contributed by atoms with Crippen LogP contribution in [0.3, 0.4) is 0 Å². The highest BCUT2D eigenvalue weighted by Crippen LogP contribution is 2.37. The van der Waals surface area contributed by atoms with Crippen molar-refractivity contribution in [3.63, 3.8) is 0 Å². The minimum atomic E-state index is 0.00118. The number of carbonyl (C=O) groups is 1. The van der Waals surface area contributed by atoms with E-state index < -0.39 is 0 Å². The van der Waals surface area contributed by atoms with Crippen LogP contribution in [0.25, 0.3) is 0 Å². The van der Waals surface area contributed by atoms with Crippen LogP contribution in [0.1, 0.15) is 30.9 Å². The molecule has 108 valence electrons. The first-order valence-corrected chi connectivity index (χ1v) is 7.58. The summed E-state index contributed by atoms with van der Waals surface area (Å²) < 4.78 is 11.4. The number of fused-ring (bicyclic) bond motifs is 1. The fraction of sp³-hybridized carbons (Fsp3) is 0.533. The lowest BCUT2D eigenvalue weighted by atomic mass is 10.0. The largest absolute Gasteiger partial charge is 0.490 e. The minimum Gasteiger partial charge on any atom is -0.490 e. The van der Waals surface area contributed by atoms with Crippen molar-refractivity contribution in [2.75, 3.05) is 25.6 Å². The molecule has 0 aromatic heterocycles. The van der Waals surface area contributed by atoms with E-state index in [4.69, 9.17) is 21.1 Å². The second-order valence-electron chi connectivity index (χ2n) is 5.14. The lowest BCUT2D eigenvalue weighted by Crippen LogP contribution is -2.31. The van der Waals surface area contributed by atoms with Gasteiger partial charge in [-0.05, 0) is 30.5 Å². The van der Waals surface area contributed by atoms with Crippen molar-refractivity contribution in [3.8, 4) is 11.5 Å². The average molecular weight is 296 g/mol. The number of alkyl halides is 1. The molecule has 1 atom stereocenters. The first-order chi connectivity index (χ1) is 9.79. The predicted molar refractivity (Wildman–Crippen MR) is 76.5 cm³/mol. The van der Waals surface area contributed by atoms with Crippen molar-refractivity contribution in [1.82, 2.24) is 4.90 Å². The van der Waals surface area contributed by atoms with Gasteiger partial charge in [-0.15, -0.1) is 11.6 Å². The third-order valence-corrected chi connectivity index (χ3v) is 4.07. The Labute approximate surface area is 123 Å². The second-order valence-corrected chi connectivity index (χ2v) is 5.40. The molecule has 0 spiro atoms. The number of halogens is 1. The van der Waals surface area contributed by atoms with Crippen LogP contribution in [0.15, 0.2) is 18.2 Å². The molecule has 5 heteroatoms. The van der Waals surface area contributed by atoms with E-state index in [2.05, 4.69) is 0 Å². The van der Waals surface area contributed by atoms with E-state index in [-0.39, 0.29) is 17.8 Å². The van der Waals surface area contributed by atoms with Gasteiger partial charge in [0.15, 0.2) is 11.5 Å². The van der Waals surface area contributed by atoms with Gasteiger partial charge in [0.25, 0.3) is 0 Å². The van der Waals surface area contributed by atoms with Gasteiger partial charge < -0.3 is 14.4 Å². The van der Waals surface area contributed by atoms with Crippen molar-refractivity contribution in [1.29, 1.82) is 0 Å². The van der Waals surface area contributed by atoms with Crippen molar-refractivity contribution < 1.29 is 14.3 Å². The molecule has 1 unspecified atom stereocenters. The van der Waals surface area contributed by atoms with E-state index in [9.17, 15) is 4.79 Å². The lowest BCUT2D eigenvalue weighted by molar-refractivity contribution is -0.129. The standard InChI is InChI=1S/C15H18ClNO3/c16-10-15(18)17-6-1-3-12(17)11-4-5-13-14(9-11)20-8-2-7-19-13/h4-5,9,12H,1-3,6-8,10H2. The van der Waals surface area contributed by atoms with Crippen LogP contribution < -0.4 is 9.47 Å². The van der Waals surface area contributed by atoms with Gasteiger partial charge >= 0.3 is 0 Å². The average Bonchev–Trinajstić information content (AvgIpc) is 2.85. The highest BCUT2D eigenvalue weighted by molar-refractivity contribution is 6.27. The second kappa shape index (κ2) is 5.92. The van der Waals surface area contributed by atoms with Gasteiger partial charge in [-0.2, -0.15) is 0 Å². The van der Waals surface area contributed by atoms with Crippen LogP contribution in [0.4, 0.5) is 0 Å². The number of nitrogens with zero attached hydrogens (tertiary/aromatic N) is 1. The molecule has 1 fully saturated rings. The first kappa shape index (κ1) is 13.6. The van der Waals surface area contributed by atoms with Gasteiger partial charge in [-0.3, -0.25) is 4.79 Å². The van der Waals surface area contributed by atoms with Crippen LogP contribution in [0.2, 0.25) is 0 Å². The molecule has 1 amide bonds. The topological polar surface area (TPSA) is 38.8 Å². The van der Waals surface area contributed by atoms with E-state index in [0.29, 0.717) is 13.2 Å². The first-order valence-electron chi connectivity index (χ1n) is 7.04. The SMILES string of the molecule is O=C(CCl)N1CCCC1c1ccc2c(c1)OCCCO2. The van der Waals surface area contributed by atoms with E-state index in [1.54, 1.807) is 0 Å². The smallest absolute Gasteiger partial charge is 0.238 e. The molecule has 2 aliphatic rings. The number of benzene rings is 1. The predicted octanol–water partition coefficient (Wildman–Crippen LogP) is 2.75. The summed E-state index contributed by atoms with van der Waals surface area (Å²) in [5.74, 6) is 1.62. The van der Waals surface area contributed by atoms with Gasteiger partial charge in [0.2, 0.25) is 5.91 Å². The molecule has 1 saturated heterocycles. The highest BCUT2D eigenvalue weighted by atomic mass is 35.5. The summed E-state index contributed by atoms with van der Waals surface area (Å²) in [7, 11) is 0. The number of hydrogen-bond donors (Lipinski definition) is 0. The van der Waals surface area contributed by atoms with E-state index >= 15 is 0 Å². The van der Waals surface area contributed by atoms with E-state index in [0.717, 1.165) is 42.9 Å². The summed E-state index contributed by atoms with van der Waals surface area (Å²) in [6, 6.07) is 6.08. The van der Waals surface area contributed by atoms with Gasteiger partial charge in [0.05, 0.1) is 19.3 Å². The minimum absolute atomic E-state index is 0.00118. The van der Waals surface area contributed by atoms with Crippen molar-refractivity contribution in [2.24, 2.45) is 0 Å². The van der Waals surface area contributed by atoms with Crippen molar-refractivity contribution in [3.05, 3.63) is 23.8 Å². The van der Waals surface area contributed by atoms with Crippen LogP contribution in [0.5, 0.6) is 11.5 Å². The Kier molecular flexibility index (Phi) is 4.01. The molecule has 0 radical (unpaired) electrons. The molecule has 1 aromatic carbocycles. The Balaban J connectivity index is 1.86. The Morgan fingerprint density at radius 2 is 2.05 bits per heavy atom. The van der Waals surface area contributed by atoms with Crippen LogP contribution in [-0.2, 0) is 4.79 Å². The van der Waals surface area contributed by atoms with Gasteiger partial charge in [0.1, 0.15) is 5.88 Å². The number of ether oxygens (including phenoxy) is 2. The molecule has 0 bridgehead atoms. The Bertz CT molecular complexity index is 506. The molecule has 1 aromatic rings. The molecular weight excluding hydrogens is 278 g/mol. The maximum atomic E-state index is 11.9. The fourth-order valence-corrected chi connectivity index (χ4v) is 3.03. The molecule has 0 aliphatic carbocycles. The molecule has 20 heavy (non-hydrogen) atoms. The zero-order chi connectivity index (χ0) is 13.9. The zero-order valence-corrected chi connectivity index (χ0v) is 12.1. The molecule has 3 rings (SSSR count). The summed E-state index contributed by atoms with van der Waals surface area (Å²) in [5.41, 5.74) is 1.10. The molecule has 2 aliphatic heterocycles. The number of likely N-dealkylation sites (tertiary alicyclic amines) is 1. The highest BCUT2D eigenvalue weighted by Gasteiger charge is 2.30. The zero-order valence-electron chi connectivity index (χ0n) is 11.3. The summed E-state index contributed by atoms with van der Waals surface area (Å²) in [6.45, 7) is 2.14. The number of rotatable bonds is 2. The Morgan fingerprint density at radius 3 is 2.85 bits per heavy atom. The van der Waals surface area contributed by atoms with E-state index in [1.165, 1.54) is 0 Å². The molecule has 4 nitrogen and oxygen atoms in total. The third kappa shape index (κ3) is 2.57. The molecular formula is C15H18ClNO3. The van der Waals surface area contributed by atoms with Crippen molar-refractivity contribution >= 4 is 17.5 Å². The molecule has 0 N–H and O–H groups in total. The number of hydrogen-bond acceptors (Lipinski definition) is 3. The third-order valence-electron chi connectivity index (χ3n) is 3.84. The quantitative estimate of drug-likeness (QED) is 0.788. The molecule has 2 heterocycles. The fourth-order valence-electron chi connectivity index (χ4n) is 2.88. The maximum absolute atomic E-state index is 11.9. The Morgan fingerprint density at radius 1 is 1.25 bits per heavy atom. The van der Waals surface area contributed by atoms with Crippen LogP contribution in [-0.4, -0.2) is 36.4 Å². The van der Waals surface area contributed by atoms with Gasteiger partial charge in [-0.1, -0.05) is 6.07 Å². The lowest BCUT2D eigenvalue weighted by Gasteiger charge is -2.25. The van der Waals surface area contributed by atoms with Gasteiger partial charge in [-0.25, -0.2) is 0 Å². The summed E-state index contributed by atoms with van der Waals surface area (Å²) in [4.78, 5) is 13.7. The summed E-state index contributed by atoms with van der Waals surface area (Å²) >= 11 is 5.69. The number of carbonyl (C=O) groups excluding carboxylic acids is 1. The van der Waals surface area contributed by atoms with Crippen LogP contribution in [0, 0.1) is 0 Å². The van der Waals surface area contributed by atoms with E-state index in [1.807, 2.05) is 23.1 Å². The van der Waals surface area contributed by atoms with Crippen molar-refractivity contribution in [2.45, 2.75) is 25.3 Å². The summed E-state index contributed by atoms with van der Waals surface area (Å²) in [6.07, 6.45) is 2.88. The summed E-state index contributed by atoms with van der Waals surface area (Å²) in [5, 5.41) is 0. The number of amides is 1. The molecule has 0 saturated carbocycles. The maximum Gasteiger partial charge on any atom is 0.238 e. The normalized spacial score (nSPS) is 21.6. The monoisotopic (exact) mass is 295 g/mol. The van der Waals surface area contributed by atoms with Crippen LogP contribution >= 0.6 is 11.6 Å².